The average Bonchev–Trinajstić information content (AvgIpc) is 2.67. The first-order chi connectivity index (χ1) is 13.3. The van der Waals surface area contributed by atoms with Gasteiger partial charge in [-0.1, -0.05) is 0 Å². The van der Waals surface area contributed by atoms with Gasteiger partial charge in [-0.2, -0.15) is 0 Å². The van der Waals surface area contributed by atoms with Crippen LogP contribution in [0.3, 0.4) is 0 Å². The van der Waals surface area contributed by atoms with E-state index >= 15 is 0 Å². The van der Waals surface area contributed by atoms with Crippen LogP contribution in [-0.4, -0.2) is 74.6 Å². The molecule has 0 spiro atoms. The fraction of sp³-hybridized carbons (Fsp3) is 0.833. The molecule has 0 saturated carbocycles. The molecule has 0 amide bonds. The Bertz CT molecular complexity index is 405. The maximum atomic E-state index is 12.0. The van der Waals surface area contributed by atoms with Crippen molar-refractivity contribution in [3.8, 4) is 0 Å². The van der Waals surface area contributed by atoms with E-state index in [0.717, 1.165) is 19.3 Å². The van der Waals surface area contributed by atoms with Gasteiger partial charge in [-0.05, 0) is 0 Å². The first kappa shape index (κ1) is 27.2. The van der Waals surface area contributed by atoms with Crippen molar-refractivity contribution in [2.75, 3.05) is 0 Å². The Morgan fingerprint density at radius 1 is 0.643 bits per heavy atom. The third-order valence-electron chi connectivity index (χ3n) is 3.80. The SMILES string of the molecule is CCCCC(O)C(=O)[O][Bi]([O]C(=O)C(O)CCCC)[O]C(=O)C(O)CCCC. The molecule has 28 heavy (non-hydrogen) atoms. The van der Waals surface area contributed by atoms with Crippen molar-refractivity contribution in [1.29, 1.82) is 0 Å². The van der Waals surface area contributed by atoms with Crippen LogP contribution in [-0.2, 0) is 22.8 Å². The molecule has 0 rings (SSSR count). The van der Waals surface area contributed by atoms with E-state index in [4.69, 9.17) is 8.44 Å². The standard InChI is InChI=1S/3C6H12O3.Bi/c3*1-2-3-4-5(7)6(8)9;/h3*5,7H,2-4H2,1H3,(H,8,9);/q;;;+3/p-3. The number of unbranched alkanes of at least 4 members (excludes halogenated alkanes) is 3. The summed E-state index contributed by atoms with van der Waals surface area (Å²) in [6.45, 7) is 5.66. The molecule has 0 aliphatic rings. The Balaban J connectivity index is 4.96. The van der Waals surface area contributed by atoms with Gasteiger partial charge in [0.05, 0.1) is 0 Å². The van der Waals surface area contributed by atoms with Gasteiger partial charge < -0.3 is 0 Å². The van der Waals surface area contributed by atoms with Gasteiger partial charge in [0.25, 0.3) is 0 Å². The molecular weight excluding hydrogens is 569 g/mol. The monoisotopic (exact) mass is 602 g/mol. The summed E-state index contributed by atoms with van der Waals surface area (Å²) in [4.78, 5) is 35.9. The summed E-state index contributed by atoms with van der Waals surface area (Å²) in [7, 11) is 0. The van der Waals surface area contributed by atoms with E-state index in [1.165, 1.54) is 0 Å². The Morgan fingerprint density at radius 3 is 1.11 bits per heavy atom. The molecule has 0 aromatic rings. The van der Waals surface area contributed by atoms with Gasteiger partial charge >= 0.3 is 176 Å². The van der Waals surface area contributed by atoms with Gasteiger partial charge in [0.15, 0.2) is 0 Å². The second-order valence-electron chi connectivity index (χ2n) is 6.43. The molecule has 9 nitrogen and oxygen atoms in total. The van der Waals surface area contributed by atoms with Crippen LogP contribution in [0.15, 0.2) is 0 Å². The predicted molar refractivity (Wildman–Crippen MR) is 101 cm³/mol. The molecule has 3 unspecified atom stereocenters. The number of aliphatic hydroxyl groups is 3. The molecule has 0 saturated heterocycles. The molecular formula is C18H33BiO9. The van der Waals surface area contributed by atoms with Crippen LogP contribution in [0.1, 0.15) is 78.6 Å². The van der Waals surface area contributed by atoms with E-state index in [0.29, 0.717) is 19.3 Å². The van der Waals surface area contributed by atoms with Gasteiger partial charge in [-0.15, -0.1) is 0 Å². The van der Waals surface area contributed by atoms with E-state index in [9.17, 15) is 29.7 Å². The van der Waals surface area contributed by atoms with Gasteiger partial charge in [0.2, 0.25) is 0 Å². The Kier molecular flexibility index (Phi) is 15.5. The summed E-state index contributed by atoms with van der Waals surface area (Å²) in [5.74, 6) is -3.13. The van der Waals surface area contributed by atoms with Crippen LogP contribution in [0.4, 0.5) is 0 Å². The van der Waals surface area contributed by atoms with Crippen molar-refractivity contribution in [2.45, 2.75) is 96.9 Å². The minimum absolute atomic E-state index is 0.160. The van der Waals surface area contributed by atoms with Crippen molar-refractivity contribution < 1.29 is 38.1 Å². The molecule has 0 aromatic carbocycles. The number of hydrogen-bond acceptors (Lipinski definition) is 9. The third-order valence-corrected chi connectivity index (χ3v) is 7.64. The predicted octanol–water partition coefficient (Wildman–Crippen LogP) is 1.25. The Labute approximate surface area is 175 Å². The molecule has 3 N–H and O–H groups in total. The number of carbonyl (C=O) groups is 3. The number of hydrogen-bond donors (Lipinski definition) is 3. The fourth-order valence-electron chi connectivity index (χ4n) is 2.00. The zero-order valence-corrected chi connectivity index (χ0v) is 20.3. The number of rotatable bonds is 15. The molecule has 0 aromatic heterocycles. The summed E-state index contributed by atoms with van der Waals surface area (Å²) in [6, 6.07) is 0. The molecule has 0 aliphatic heterocycles. The van der Waals surface area contributed by atoms with E-state index in [-0.39, 0.29) is 19.3 Å². The Hall–Kier alpha value is -0.827. The van der Waals surface area contributed by atoms with Crippen LogP contribution in [0.2, 0.25) is 0 Å². The van der Waals surface area contributed by atoms with Gasteiger partial charge in [-0.3, -0.25) is 0 Å². The zero-order valence-electron chi connectivity index (χ0n) is 16.8. The van der Waals surface area contributed by atoms with Crippen molar-refractivity contribution in [3.05, 3.63) is 0 Å². The topological polar surface area (TPSA) is 140 Å². The molecule has 0 fully saturated rings. The molecule has 0 bridgehead atoms. The minimum atomic E-state index is -4.46. The molecule has 0 aliphatic carbocycles. The van der Waals surface area contributed by atoms with E-state index in [1.54, 1.807) is 0 Å². The molecule has 3 atom stereocenters. The van der Waals surface area contributed by atoms with Crippen LogP contribution in [0.25, 0.3) is 0 Å². The quantitative estimate of drug-likeness (QED) is 0.237. The van der Waals surface area contributed by atoms with Crippen molar-refractivity contribution in [1.82, 2.24) is 0 Å². The van der Waals surface area contributed by atoms with E-state index in [2.05, 4.69) is 0 Å². The van der Waals surface area contributed by atoms with Gasteiger partial charge in [-0.25, -0.2) is 0 Å². The average molecular weight is 602 g/mol. The van der Waals surface area contributed by atoms with Crippen molar-refractivity contribution in [3.63, 3.8) is 0 Å². The normalized spacial score (nSPS) is 14.2. The Morgan fingerprint density at radius 2 is 0.893 bits per heavy atom. The van der Waals surface area contributed by atoms with Gasteiger partial charge in [0.1, 0.15) is 0 Å². The maximum absolute atomic E-state index is 12.0. The molecule has 10 heteroatoms. The van der Waals surface area contributed by atoms with Gasteiger partial charge in [0, 0.05) is 0 Å². The summed E-state index contributed by atoms with van der Waals surface area (Å²) < 4.78 is 14.9. The number of aliphatic hydroxyl groups excluding tert-OH is 3. The zero-order chi connectivity index (χ0) is 21.5. The van der Waals surface area contributed by atoms with E-state index in [1.807, 2.05) is 20.8 Å². The van der Waals surface area contributed by atoms with Crippen LogP contribution >= 0.6 is 0 Å². The molecule has 164 valence electrons. The van der Waals surface area contributed by atoms with Crippen LogP contribution in [0, 0.1) is 0 Å². The summed E-state index contributed by atoms with van der Waals surface area (Å²) >= 11 is -4.46. The van der Waals surface area contributed by atoms with Crippen LogP contribution in [0.5, 0.6) is 0 Å². The van der Waals surface area contributed by atoms with E-state index < -0.39 is 59.3 Å². The summed E-state index contributed by atoms with van der Waals surface area (Å²) in [5, 5.41) is 29.4. The first-order valence-electron chi connectivity index (χ1n) is 9.76. The second kappa shape index (κ2) is 16.0. The first-order valence-corrected chi connectivity index (χ1v) is 14.0. The number of carbonyl (C=O) groups excluding carboxylic acids is 3. The fourth-order valence-corrected chi connectivity index (χ4v) is 5.57. The third kappa shape index (κ3) is 11.9. The van der Waals surface area contributed by atoms with Crippen LogP contribution < -0.4 is 0 Å². The summed E-state index contributed by atoms with van der Waals surface area (Å²) in [6.07, 6.45) is 0.227. The molecule has 0 heterocycles. The summed E-state index contributed by atoms with van der Waals surface area (Å²) in [5.41, 5.74) is 0. The second-order valence-corrected chi connectivity index (χ2v) is 10.3. The van der Waals surface area contributed by atoms with Crippen molar-refractivity contribution in [2.24, 2.45) is 0 Å². The van der Waals surface area contributed by atoms with Crippen molar-refractivity contribution >= 4 is 41.0 Å². The molecule has 0 radical (unpaired) electrons.